The third-order valence-corrected chi connectivity index (χ3v) is 0.342. The van der Waals surface area contributed by atoms with Crippen LogP contribution in [0.4, 0.5) is 0 Å². The Morgan fingerprint density at radius 1 is 1.80 bits per heavy atom. The second-order valence-electron chi connectivity index (χ2n) is 0.665. The molecule has 5 heavy (non-hydrogen) atoms. The van der Waals surface area contributed by atoms with Gasteiger partial charge in [-0.1, -0.05) is 0 Å². The number of nitrogens with one attached hydrogen (secondary N) is 1. The highest BCUT2D eigenvalue weighted by Crippen LogP contribution is 1.61. The minimum atomic E-state index is 0.333. The molecule has 0 aliphatic carbocycles. The minimum absolute atomic E-state index is 0.333. The van der Waals surface area contributed by atoms with Gasteiger partial charge in [-0.15, -0.1) is 0 Å². The van der Waals surface area contributed by atoms with Crippen LogP contribution in [0.25, 0.3) is 0 Å². The van der Waals surface area contributed by atoms with E-state index in [1.165, 1.54) is 6.40 Å². The molecule has 0 saturated carbocycles. The molecule has 0 radical (unpaired) electrons. The fourth-order valence-electron chi connectivity index (χ4n) is 0.170. The topological polar surface area (TPSA) is 32.4 Å². The van der Waals surface area contributed by atoms with E-state index in [1.54, 1.807) is 0 Å². The molecule has 1 N–H and O–H groups in total. The molecule has 1 rings (SSSR count). The van der Waals surface area contributed by atoms with Crippen LogP contribution < -0.4 is 5.16 Å². The highest BCUT2D eigenvalue weighted by atomic mass is 16.8. The van der Waals surface area contributed by atoms with Gasteiger partial charge in [0.05, 0.1) is 0 Å². The maximum absolute atomic E-state index is 4.49. The van der Waals surface area contributed by atoms with E-state index in [0.717, 1.165) is 0 Å². The molecule has 1 aliphatic rings. The fraction of sp³-hybridized carbons (Fsp3) is 0.500. The third kappa shape index (κ3) is 0.289. The molecule has 0 saturated heterocycles. The van der Waals surface area contributed by atoms with E-state index < -0.39 is 0 Å². The Balaban J connectivity index is 2.32. The first-order valence-electron chi connectivity index (χ1n) is 1.31. The fourth-order valence-corrected chi connectivity index (χ4v) is 0.170. The van der Waals surface area contributed by atoms with Crippen molar-refractivity contribution in [3.8, 4) is 0 Å². The summed E-state index contributed by atoms with van der Waals surface area (Å²) in [6, 6.07) is 0. The van der Waals surface area contributed by atoms with Crippen LogP contribution in [0.5, 0.6) is 0 Å². The highest BCUT2D eigenvalue weighted by Gasteiger charge is 1.92. The SMILES string of the molecule is C1=[NH+]OCO1. The van der Waals surface area contributed by atoms with Crippen LogP contribution in [-0.4, -0.2) is 13.2 Å². The monoisotopic (exact) mass is 74.0 g/mol. The number of hydrogen-bond acceptors (Lipinski definition) is 2. The van der Waals surface area contributed by atoms with Crippen molar-refractivity contribution < 1.29 is 14.7 Å². The molecule has 0 amide bonds. The lowest BCUT2D eigenvalue weighted by molar-refractivity contribution is -0.740. The molecule has 0 aromatic heterocycles. The summed E-state index contributed by atoms with van der Waals surface area (Å²) in [7, 11) is 0. The van der Waals surface area contributed by atoms with Gasteiger partial charge in [-0.05, 0) is 5.16 Å². The summed E-state index contributed by atoms with van der Waals surface area (Å²) < 4.78 is 4.49. The average molecular weight is 74.1 g/mol. The molecule has 1 aliphatic heterocycles. The van der Waals surface area contributed by atoms with Crippen LogP contribution >= 0.6 is 0 Å². The van der Waals surface area contributed by atoms with Crippen LogP contribution in [0.1, 0.15) is 0 Å². The summed E-state index contributed by atoms with van der Waals surface area (Å²) in [5.74, 6) is 0. The predicted octanol–water partition coefficient (Wildman–Crippen LogP) is -1.99. The van der Waals surface area contributed by atoms with E-state index in [4.69, 9.17) is 0 Å². The lowest BCUT2D eigenvalue weighted by Gasteiger charge is -1.70. The first kappa shape index (κ1) is 2.50. The number of rotatable bonds is 0. The largest absolute Gasteiger partial charge is 0.402 e. The Morgan fingerprint density at radius 3 is 3.00 bits per heavy atom. The zero-order valence-electron chi connectivity index (χ0n) is 2.60. The van der Waals surface area contributed by atoms with Crippen molar-refractivity contribution in [3.05, 3.63) is 0 Å². The zero-order valence-corrected chi connectivity index (χ0v) is 2.60. The molecule has 0 unspecified atom stereocenters. The van der Waals surface area contributed by atoms with Gasteiger partial charge in [-0.25, -0.2) is 4.84 Å². The third-order valence-electron chi connectivity index (χ3n) is 0.342. The Hall–Kier alpha value is -0.730. The zero-order chi connectivity index (χ0) is 3.54. The molecule has 3 heteroatoms. The highest BCUT2D eigenvalue weighted by molar-refractivity contribution is 5.37. The quantitative estimate of drug-likeness (QED) is 0.361. The second kappa shape index (κ2) is 0.924. The van der Waals surface area contributed by atoms with E-state index in [-0.39, 0.29) is 0 Å². The lowest BCUT2D eigenvalue weighted by Crippen LogP contribution is -2.63. The van der Waals surface area contributed by atoms with Crippen LogP contribution in [-0.2, 0) is 9.57 Å². The minimum Gasteiger partial charge on any atom is -0.402 e. The smallest absolute Gasteiger partial charge is 0.373 e. The van der Waals surface area contributed by atoms with Gasteiger partial charge in [-0.3, -0.25) is 0 Å². The molecule has 28 valence electrons. The molecular formula is C2H4NO2+. The maximum Gasteiger partial charge on any atom is 0.373 e. The van der Waals surface area contributed by atoms with Gasteiger partial charge in [0.1, 0.15) is 0 Å². The van der Waals surface area contributed by atoms with E-state index in [2.05, 4.69) is 14.7 Å². The molecule has 0 spiro atoms. The van der Waals surface area contributed by atoms with Gasteiger partial charge in [0.2, 0.25) is 0 Å². The molecule has 1 heterocycles. The molecular weight excluding hydrogens is 70.0 g/mol. The summed E-state index contributed by atoms with van der Waals surface area (Å²) in [6.45, 7) is 0.333. The molecule has 0 fully saturated rings. The van der Waals surface area contributed by atoms with Crippen molar-refractivity contribution >= 4 is 6.40 Å². The molecule has 0 aromatic rings. The summed E-state index contributed by atoms with van der Waals surface area (Å²) in [4.78, 5) is 4.42. The predicted molar refractivity (Wildman–Crippen MR) is 14.1 cm³/mol. The van der Waals surface area contributed by atoms with Crippen LogP contribution in [0.3, 0.4) is 0 Å². The molecule has 0 aromatic carbocycles. The van der Waals surface area contributed by atoms with Crippen LogP contribution in [0.15, 0.2) is 0 Å². The second-order valence-corrected chi connectivity index (χ2v) is 0.665. The number of hydrogen-bond donors (Lipinski definition) is 1. The van der Waals surface area contributed by atoms with E-state index in [1.807, 2.05) is 0 Å². The molecule has 0 atom stereocenters. The first-order valence-corrected chi connectivity index (χ1v) is 1.31. The molecule has 3 nitrogen and oxygen atoms in total. The lowest BCUT2D eigenvalue weighted by atomic mass is 11.4. The van der Waals surface area contributed by atoms with Gasteiger partial charge in [-0.2, -0.15) is 0 Å². The molecule has 0 bridgehead atoms. The summed E-state index contributed by atoms with van der Waals surface area (Å²) >= 11 is 0. The van der Waals surface area contributed by atoms with Gasteiger partial charge >= 0.3 is 13.2 Å². The summed E-state index contributed by atoms with van der Waals surface area (Å²) in [5.41, 5.74) is 0. The van der Waals surface area contributed by atoms with Crippen molar-refractivity contribution in [2.45, 2.75) is 0 Å². The number of ether oxygens (including phenoxy) is 1. The summed E-state index contributed by atoms with van der Waals surface area (Å²) in [5, 5.41) is 2.38. The van der Waals surface area contributed by atoms with Gasteiger partial charge in [0, 0.05) is 0 Å². The van der Waals surface area contributed by atoms with Crippen molar-refractivity contribution in [2.75, 3.05) is 6.79 Å². The Labute approximate surface area is 29.2 Å². The summed E-state index contributed by atoms with van der Waals surface area (Å²) in [6.07, 6.45) is 1.39. The Bertz CT molecular complexity index is 45.6. The Kier molecular flexibility index (Phi) is 0.463. The average Bonchev–Trinajstić information content (AvgIpc) is 1.76. The van der Waals surface area contributed by atoms with Crippen molar-refractivity contribution in [2.24, 2.45) is 0 Å². The maximum atomic E-state index is 4.49. The standard InChI is InChI=1S/C2H3NO2/c1-3-5-2-4-1/h1H,2H2/p+1. The van der Waals surface area contributed by atoms with E-state index in [9.17, 15) is 0 Å². The van der Waals surface area contributed by atoms with Gasteiger partial charge < -0.3 is 4.74 Å². The van der Waals surface area contributed by atoms with Crippen molar-refractivity contribution in [1.29, 1.82) is 0 Å². The van der Waals surface area contributed by atoms with Crippen LogP contribution in [0.2, 0.25) is 0 Å². The first-order chi connectivity index (χ1) is 2.50. The normalized spacial score (nSPS) is 17.6. The van der Waals surface area contributed by atoms with Crippen LogP contribution in [0, 0.1) is 0 Å². The van der Waals surface area contributed by atoms with Crippen molar-refractivity contribution in [3.63, 3.8) is 0 Å². The van der Waals surface area contributed by atoms with Gasteiger partial charge in [0.25, 0.3) is 0 Å². The van der Waals surface area contributed by atoms with E-state index in [0.29, 0.717) is 6.79 Å². The van der Waals surface area contributed by atoms with E-state index >= 15 is 0 Å². The Morgan fingerprint density at radius 2 is 2.80 bits per heavy atom. The van der Waals surface area contributed by atoms with Gasteiger partial charge in [0.15, 0.2) is 0 Å². The van der Waals surface area contributed by atoms with Crippen molar-refractivity contribution in [1.82, 2.24) is 0 Å².